The molecule has 0 spiro atoms. The number of halogens is 1. The molecule has 3 aliphatic carbocycles. The van der Waals surface area contributed by atoms with Crippen molar-refractivity contribution in [3.05, 3.63) is 63.8 Å². The second-order valence-corrected chi connectivity index (χ2v) is 12.9. The van der Waals surface area contributed by atoms with Crippen molar-refractivity contribution in [3.63, 3.8) is 0 Å². The zero-order valence-electron chi connectivity index (χ0n) is 25.3. The molecule has 230 valence electrons. The summed E-state index contributed by atoms with van der Waals surface area (Å²) in [4.78, 5) is 23.4. The Labute approximate surface area is 259 Å². The highest BCUT2D eigenvalue weighted by Crippen LogP contribution is 2.44. The van der Waals surface area contributed by atoms with Gasteiger partial charge in [-0.05, 0) is 124 Å². The summed E-state index contributed by atoms with van der Waals surface area (Å²) in [6, 6.07) is 12.5. The molecular weight excluding hydrogens is 564 g/mol. The summed E-state index contributed by atoms with van der Waals surface area (Å²) in [6.07, 6.45) is 13.6. The smallest absolute Gasteiger partial charge is 0.337 e. The molecule has 1 N–H and O–H groups in total. The number of esters is 2. The first-order valence-corrected chi connectivity index (χ1v) is 16.3. The molecular formula is C35H43ClN2O5. The second kappa shape index (κ2) is 13.3. The van der Waals surface area contributed by atoms with Gasteiger partial charge in [-0.15, -0.1) is 0 Å². The molecule has 1 unspecified atom stereocenters. The zero-order chi connectivity index (χ0) is 29.9. The fourth-order valence-corrected chi connectivity index (χ4v) is 7.40. The average Bonchev–Trinajstić information content (AvgIpc) is 3.31. The predicted molar refractivity (Wildman–Crippen MR) is 169 cm³/mol. The lowest BCUT2D eigenvalue weighted by molar-refractivity contribution is 0.0438. The minimum atomic E-state index is -0.364. The molecule has 7 rings (SSSR count). The molecule has 1 atom stereocenters. The van der Waals surface area contributed by atoms with Crippen LogP contribution in [0.25, 0.3) is 10.9 Å². The Bertz CT molecular complexity index is 1470. The van der Waals surface area contributed by atoms with Crippen LogP contribution in [0.5, 0.6) is 0 Å². The van der Waals surface area contributed by atoms with Gasteiger partial charge < -0.3 is 24.1 Å². The topological polar surface area (TPSA) is 78.8 Å². The molecule has 0 bridgehead atoms. The molecule has 8 heteroatoms. The fraction of sp³-hybridized carbons (Fsp3) is 0.543. The van der Waals surface area contributed by atoms with Gasteiger partial charge in [-0.2, -0.15) is 0 Å². The molecule has 3 fully saturated rings. The molecule has 3 aromatic rings. The van der Waals surface area contributed by atoms with Crippen molar-refractivity contribution < 1.29 is 23.8 Å². The molecule has 43 heavy (non-hydrogen) atoms. The van der Waals surface area contributed by atoms with Gasteiger partial charge in [0.1, 0.15) is 0 Å². The van der Waals surface area contributed by atoms with E-state index in [1.165, 1.54) is 94.9 Å². The van der Waals surface area contributed by atoms with Gasteiger partial charge in [-0.1, -0.05) is 11.6 Å². The normalized spacial score (nSPS) is 20.7. The molecule has 1 aliphatic heterocycles. The van der Waals surface area contributed by atoms with Gasteiger partial charge in [-0.3, -0.25) is 0 Å². The quantitative estimate of drug-likeness (QED) is 0.289. The van der Waals surface area contributed by atoms with E-state index in [0.717, 1.165) is 37.2 Å². The Morgan fingerprint density at radius 1 is 0.860 bits per heavy atom. The number of carbonyl (C=O) groups excluding carboxylic acids is 2. The molecule has 1 aromatic heterocycles. The van der Waals surface area contributed by atoms with E-state index < -0.39 is 0 Å². The first-order chi connectivity index (χ1) is 21.0. The van der Waals surface area contributed by atoms with Crippen molar-refractivity contribution in [3.8, 4) is 0 Å². The molecule has 2 saturated carbocycles. The summed E-state index contributed by atoms with van der Waals surface area (Å²) in [5.41, 5.74) is 6.41. The highest BCUT2D eigenvalue weighted by atomic mass is 35.5. The summed E-state index contributed by atoms with van der Waals surface area (Å²) in [6.45, 7) is 1.84. The number of hydrogen-bond donors (Lipinski definition) is 1. The van der Waals surface area contributed by atoms with Gasteiger partial charge in [0, 0.05) is 41.9 Å². The van der Waals surface area contributed by atoms with Crippen LogP contribution in [0, 0.1) is 11.8 Å². The van der Waals surface area contributed by atoms with Crippen LogP contribution < -0.4 is 5.32 Å². The van der Waals surface area contributed by atoms with Crippen molar-refractivity contribution in [1.29, 1.82) is 0 Å². The monoisotopic (exact) mass is 606 g/mol. The van der Waals surface area contributed by atoms with E-state index in [0.29, 0.717) is 28.2 Å². The largest absolute Gasteiger partial charge is 0.465 e. The van der Waals surface area contributed by atoms with E-state index >= 15 is 0 Å². The van der Waals surface area contributed by atoms with Crippen LogP contribution in [-0.2, 0) is 27.1 Å². The number of rotatable bonds is 6. The summed E-state index contributed by atoms with van der Waals surface area (Å²) in [5.74, 6) is 0.942. The number of ether oxygens (including phenoxy) is 3. The summed E-state index contributed by atoms with van der Waals surface area (Å²) < 4.78 is 17.8. The van der Waals surface area contributed by atoms with Crippen LogP contribution in [0.3, 0.4) is 0 Å². The number of hydrogen-bond acceptors (Lipinski definition) is 6. The minimum absolute atomic E-state index is 0.237. The van der Waals surface area contributed by atoms with E-state index in [1.807, 2.05) is 12.1 Å². The number of benzene rings is 2. The van der Waals surface area contributed by atoms with Gasteiger partial charge in [0.25, 0.3) is 0 Å². The zero-order valence-corrected chi connectivity index (χ0v) is 26.1. The number of aromatic nitrogens is 1. The molecule has 0 amide bonds. The molecule has 4 aliphatic rings. The minimum Gasteiger partial charge on any atom is -0.465 e. The Morgan fingerprint density at radius 2 is 1.53 bits per heavy atom. The lowest BCUT2D eigenvalue weighted by atomic mass is 9.75. The van der Waals surface area contributed by atoms with Crippen molar-refractivity contribution in [1.82, 2.24) is 4.57 Å². The van der Waals surface area contributed by atoms with E-state index in [9.17, 15) is 9.59 Å². The van der Waals surface area contributed by atoms with Crippen molar-refractivity contribution in [2.75, 3.05) is 32.8 Å². The maximum absolute atomic E-state index is 12.1. The second-order valence-electron chi connectivity index (χ2n) is 12.5. The van der Waals surface area contributed by atoms with Crippen molar-refractivity contribution >= 4 is 40.1 Å². The maximum Gasteiger partial charge on any atom is 0.337 e. The average molecular weight is 607 g/mol. The molecule has 2 aromatic carbocycles. The standard InChI is InChI=1S/C23H29NO3.C12H14ClNO2/c1-26-23(25)17-6-8-22-20(14-17)19-13-16(15-9-11-27-12-10-15)5-7-21(19)24(22)18-3-2-4-18;1-16-12(15)8-5-6-11(10(13)7-8)14-9-3-2-4-9/h6,8,14-16,18H,2-5,7,9-13H2,1H3;5-7,9,14H,2-4H2,1H3. The van der Waals surface area contributed by atoms with Crippen LogP contribution in [0.4, 0.5) is 5.69 Å². The third-order valence-corrected chi connectivity index (χ3v) is 10.4. The number of anilines is 1. The Morgan fingerprint density at radius 3 is 2.14 bits per heavy atom. The number of fused-ring (bicyclic) bond motifs is 3. The summed E-state index contributed by atoms with van der Waals surface area (Å²) in [7, 11) is 2.82. The highest BCUT2D eigenvalue weighted by Gasteiger charge is 2.34. The maximum atomic E-state index is 12.1. The van der Waals surface area contributed by atoms with Gasteiger partial charge in [-0.25, -0.2) is 9.59 Å². The fourth-order valence-electron chi connectivity index (χ4n) is 7.17. The first-order valence-electron chi connectivity index (χ1n) is 15.9. The number of nitrogens with zero attached hydrogens (tertiary/aromatic N) is 1. The van der Waals surface area contributed by atoms with Crippen LogP contribution >= 0.6 is 11.6 Å². The van der Waals surface area contributed by atoms with Gasteiger partial charge in [0.05, 0.1) is 36.1 Å². The first kappa shape index (κ1) is 30.0. The molecule has 7 nitrogen and oxygen atoms in total. The van der Waals surface area contributed by atoms with E-state index in [2.05, 4.69) is 26.8 Å². The lowest BCUT2D eigenvalue weighted by Gasteiger charge is -2.35. The van der Waals surface area contributed by atoms with Crippen LogP contribution in [-0.4, -0.2) is 50.0 Å². The van der Waals surface area contributed by atoms with Gasteiger partial charge in [0.15, 0.2) is 0 Å². The third kappa shape index (κ3) is 6.30. The number of nitrogens with one attached hydrogen (secondary N) is 1. The predicted octanol–water partition coefficient (Wildman–Crippen LogP) is 7.78. The van der Waals surface area contributed by atoms with E-state index in [-0.39, 0.29) is 11.9 Å². The van der Waals surface area contributed by atoms with E-state index in [1.54, 1.807) is 17.8 Å². The van der Waals surface area contributed by atoms with Crippen LogP contribution in [0.2, 0.25) is 5.02 Å². The van der Waals surface area contributed by atoms with Crippen molar-refractivity contribution in [2.24, 2.45) is 11.8 Å². The summed E-state index contributed by atoms with van der Waals surface area (Å²) >= 11 is 6.09. The van der Waals surface area contributed by atoms with Gasteiger partial charge >= 0.3 is 11.9 Å². The Kier molecular flexibility index (Phi) is 9.29. The van der Waals surface area contributed by atoms with Gasteiger partial charge in [0.2, 0.25) is 0 Å². The van der Waals surface area contributed by atoms with Crippen molar-refractivity contribution in [2.45, 2.75) is 82.7 Å². The van der Waals surface area contributed by atoms with Crippen LogP contribution in [0.1, 0.15) is 95.8 Å². The Hall–Kier alpha value is -3.03. The molecule has 1 saturated heterocycles. The van der Waals surface area contributed by atoms with E-state index in [4.69, 9.17) is 21.1 Å². The number of methoxy groups -OCH3 is 2. The lowest BCUT2D eigenvalue weighted by Crippen LogP contribution is -2.29. The number of carbonyl (C=O) groups is 2. The summed E-state index contributed by atoms with van der Waals surface area (Å²) in [5, 5.41) is 5.20. The molecule has 0 radical (unpaired) electrons. The Balaban J connectivity index is 0.000000176. The SMILES string of the molecule is COC(=O)c1ccc(NC2CCC2)c(Cl)c1.COC(=O)c1ccc2c(c1)c1c(n2C2CCC2)CCC(C2CCOCC2)C1. The molecule has 2 heterocycles. The highest BCUT2D eigenvalue weighted by molar-refractivity contribution is 6.33. The van der Waals surface area contributed by atoms with Crippen LogP contribution in [0.15, 0.2) is 36.4 Å². The third-order valence-electron chi connectivity index (χ3n) is 10.1.